The number of alkyl halides is 3. The maximum absolute atomic E-state index is 12.6. The number of rotatable bonds is 4. The van der Waals surface area contributed by atoms with Crippen molar-refractivity contribution in [2.24, 2.45) is 0 Å². The molecule has 0 fully saturated rings. The van der Waals surface area contributed by atoms with Crippen molar-refractivity contribution in [3.63, 3.8) is 0 Å². The van der Waals surface area contributed by atoms with Gasteiger partial charge in [-0.15, -0.1) is 0 Å². The normalized spacial score (nSPS) is 11.4. The second kappa shape index (κ2) is 6.03. The summed E-state index contributed by atoms with van der Waals surface area (Å²) in [7, 11) is 0. The first-order valence-electron chi connectivity index (χ1n) is 6.37. The second-order valence-corrected chi connectivity index (χ2v) is 4.64. The Morgan fingerprint density at radius 1 is 1.24 bits per heavy atom. The first-order valence-corrected chi connectivity index (χ1v) is 6.37. The lowest BCUT2D eigenvalue weighted by Gasteiger charge is -2.09. The van der Waals surface area contributed by atoms with Crippen LogP contribution in [0.1, 0.15) is 23.5 Å². The van der Waals surface area contributed by atoms with E-state index in [1.54, 1.807) is 19.1 Å². The first kappa shape index (κ1) is 15.2. The lowest BCUT2D eigenvalue weighted by atomic mass is 10.2. The van der Waals surface area contributed by atoms with E-state index in [2.05, 4.69) is 5.32 Å². The highest BCUT2D eigenvalue weighted by Crippen LogP contribution is 2.30. The van der Waals surface area contributed by atoms with Crippen LogP contribution in [0.15, 0.2) is 40.8 Å². The zero-order valence-electron chi connectivity index (χ0n) is 11.3. The summed E-state index contributed by atoms with van der Waals surface area (Å²) < 4.78 is 43.0. The lowest BCUT2D eigenvalue weighted by Crippen LogP contribution is -2.13. The molecular formula is C15H14F3NO2. The van der Waals surface area contributed by atoms with Gasteiger partial charge in [0.15, 0.2) is 0 Å². The number of hydrogen-bond acceptors (Lipinski definition) is 2. The van der Waals surface area contributed by atoms with E-state index >= 15 is 0 Å². The maximum Gasteiger partial charge on any atom is 0.416 e. The third kappa shape index (κ3) is 4.37. The van der Waals surface area contributed by atoms with E-state index in [1.165, 1.54) is 12.1 Å². The third-order valence-electron chi connectivity index (χ3n) is 2.87. The van der Waals surface area contributed by atoms with Crippen molar-refractivity contribution in [1.29, 1.82) is 0 Å². The van der Waals surface area contributed by atoms with Crippen LogP contribution in [-0.4, -0.2) is 5.91 Å². The molecule has 0 atom stereocenters. The summed E-state index contributed by atoms with van der Waals surface area (Å²) in [6.07, 6.45) is -3.88. The number of nitrogens with one attached hydrogen (secondary N) is 1. The largest absolute Gasteiger partial charge is 0.466 e. The van der Waals surface area contributed by atoms with E-state index in [0.29, 0.717) is 12.2 Å². The molecule has 1 aromatic carbocycles. The van der Waals surface area contributed by atoms with Crippen LogP contribution in [0.5, 0.6) is 0 Å². The topological polar surface area (TPSA) is 42.2 Å². The lowest BCUT2D eigenvalue weighted by molar-refractivity contribution is -0.137. The quantitative estimate of drug-likeness (QED) is 0.920. The molecular weight excluding hydrogens is 283 g/mol. The fourth-order valence-electron chi connectivity index (χ4n) is 1.85. The predicted molar refractivity (Wildman–Crippen MR) is 71.8 cm³/mol. The van der Waals surface area contributed by atoms with Crippen molar-refractivity contribution < 1.29 is 22.4 Å². The monoisotopic (exact) mass is 297 g/mol. The highest BCUT2D eigenvalue weighted by Gasteiger charge is 2.30. The highest BCUT2D eigenvalue weighted by atomic mass is 19.4. The molecule has 0 saturated carbocycles. The fourth-order valence-corrected chi connectivity index (χ4v) is 1.85. The van der Waals surface area contributed by atoms with E-state index in [1.807, 2.05) is 0 Å². The van der Waals surface area contributed by atoms with E-state index in [-0.39, 0.29) is 18.0 Å². The van der Waals surface area contributed by atoms with Crippen molar-refractivity contribution in [3.05, 3.63) is 53.5 Å². The fraction of sp³-hybridized carbons (Fsp3) is 0.267. The summed E-state index contributed by atoms with van der Waals surface area (Å²) in [4.78, 5) is 11.7. The molecule has 1 heterocycles. The van der Waals surface area contributed by atoms with Gasteiger partial charge in [0.05, 0.1) is 5.56 Å². The van der Waals surface area contributed by atoms with Crippen LogP contribution < -0.4 is 5.32 Å². The van der Waals surface area contributed by atoms with Gasteiger partial charge >= 0.3 is 6.18 Å². The summed E-state index contributed by atoms with van der Waals surface area (Å²) in [5.74, 6) is 1.07. The zero-order chi connectivity index (χ0) is 15.5. The molecule has 2 rings (SSSR count). The maximum atomic E-state index is 12.6. The SMILES string of the molecule is Cc1ccc(CCC(=O)Nc2cccc(C(F)(F)F)c2)o1. The van der Waals surface area contributed by atoms with E-state index in [9.17, 15) is 18.0 Å². The van der Waals surface area contributed by atoms with Crippen LogP contribution in [0, 0.1) is 6.92 Å². The van der Waals surface area contributed by atoms with Crippen LogP contribution in [0.25, 0.3) is 0 Å². The van der Waals surface area contributed by atoms with Gasteiger partial charge in [0.2, 0.25) is 5.91 Å². The number of furan rings is 1. The zero-order valence-corrected chi connectivity index (χ0v) is 11.3. The van der Waals surface area contributed by atoms with Crippen LogP contribution in [-0.2, 0) is 17.4 Å². The van der Waals surface area contributed by atoms with Gasteiger partial charge in [-0.1, -0.05) is 6.07 Å². The predicted octanol–water partition coefficient (Wildman–Crippen LogP) is 4.18. The Morgan fingerprint density at radius 2 is 2.00 bits per heavy atom. The van der Waals surface area contributed by atoms with Gasteiger partial charge < -0.3 is 9.73 Å². The summed E-state index contributed by atoms with van der Waals surface area (Å²) in [5, 5.41) is 2.45. The molecule has 0 aliphatic carbocycles. The van der Waals surface area contributed by atoms with E-state index in [0.717, 1.165) is 17.9 Å². The van der Waals surface area contributed by atoms with E-state index < -0.39 is 11.7 Å². The van der Waals surface area contributed by atoms with Crippen molar-refractivity contribution in [2.75, 3.05) is 5.32 Å². The van der Waals surface area contributed by atoms with Crippen LogP contribution >= 0.6 is 0 Å². The summed E-state index contributed by atoms with van der Waals surface area (Å²) in [6.45, 7) is 1.80. The third-order valence-corrected chi connectivity index (χ3v) is 2.87. The number of aryl methyl sites for hydroxylation is 2. The van der Waals surface area contributed by atoms with Crippen LogP contribution in [0.2, 0.25) is 0 Å². The number of amides is 1. The number of carbonyl (C=O) groups excluding carboxylic acids is 1. The van der Waals surface area contributed by atoms with Gasteiger partial charge in [-0.05, 0) is 37.3 Å². The Labute approximate surface area is 119 Å². The molecule has 1 aromatic heterocycles. The molecule has 0 bridgehead atoms. The average Bonchev–Trinajstić information content (AvgIpc) is 2.82. The smallest absolute Gasteiger partial charge is 0.416 e. The first-order chi connectivity index (χ1) is 9.84. The second-order valence-electron chi connectivity index (χ2n) is 4.64. The molecule has 1 amide bonds. The molecule has 112 valence electrons. The van der Waals surface area contributed by atoms with Gasteiger partial charge in [-0.3, -0.25) is 4.79 Å². The number of anilines is 1. The van der Waals surface area contributed by atoms with Crippen molar-refractivity contribution in [1.82, 2.24) is 0 Å². The van der Waals surface area contributed by atoms with Gasteiger partial charge in [0, 0.05) is 18.5 Å². The summed E-state index contributed by atoms with van der Waals surface area (Å²) in [5.41, 5.74) is -0.660. The Balaban J connectivity index is 1.93. The molecule has 3 nitrogen and oxygen atoms in total. The van der Waals surface area contributed by atoms with Gasteiger partial charge in [-0.2, -0.15) is 13.2 Å². The molecule has 0 saturated heterocycles. The van der Waals surface area contributed by atoms with Crippen molar-refractivity contribution in [3.8, 4) is 0 Å². The average molecular weight is 297 g/mol. The molecule has 0 spiro atoms. The minimum absolute atomic E-state index is 0.130. The Hall–Kier alpha value is -2.24. The van der Waals surface area contributed by atoms with Crippen molar-refractivity contribution in [2.45, 2.75) is 25.9 Å². The van der Waals surface area contributed by atoms with Crippen LogP contribution in [0.3, 0.4) is 0 Å². The summed E-state index contributed by atoms with van der Waals surface area (Å²) in [6, 6.07) is 8.11. The highest BCUT2D eigenvalue weighted by molar-refractivity contribution is 5.90. The number of carbonyl (C=O) groups is 1. The molecule has 0 aliphatic rings. The Kier molecular flexibility index (Phi) is 4.35. The minimum atomic E-state index is -4.42. The standard InChI is InChI=1S/C15H14F3NO2/c1-10-5-6-13(21-10)7-8-14(20)19-12-4-2-3-11(9-12)15(16,17)18/h2-6,9H,7-8H2,1H3,(H,19,20). The van der Waals surface area contributed by atoms with E-state index in [4.69, 9.17) is 4.42 Å². The molecule has 21 heavy (non-hydrogen) atoms. The number of benzene rings is 1. The minimum Gasteiger partial charge on any atom is -0.466 e. The van der Waals surface area contributed by atoms with Crippen molar-refractivity contribution >= 4 is 11.6 Å². The molecule has 0 aliphatic heterocycles. The summed E-state index contributed by atoms with van der Waals surface area (Å²) >= 11 is 0. The molecule has 1 N–H and O–H groups in total. The van der Waals surface area contributed by atoms with Gasteiger partial charge in [0.25, 0.3) is 0 Å². The Morgan fingerprint density at radius 3 is 2.62 bits per heavy atom. The van der Waals surface area contributed by atoms with Gasteiger partial charge in [-0.25, -0.2) is 0 Å². The molecule has 2 aromatic rings. The number of hydrogen-bond donors (Lipinski definition) is 1. The Bertz CT molecular complexity index is 632. The molecule has 0 unspecified atom stereocenters. The van der Waals surface area contributed by atoms with Gasteiger partial charge in [0.1, 0.15) is 11.5 Å². The molecule has 0 radical (unpaired) electrons. The van der Waals surface area contributed by atoms with Crippen LogP contribution in [0.4, 0.5) is 18.9 Å². The number of halogens is 3. The molecule has 6 heteroatoms.